The number of aromatic amines is 1. The Balaban J connectivity index is 1.14. The zero-order chi connectivity index (χ0) is 28.4. The second-order valence-corrected chi connectivity index (χ2v) is 13.5. The molecule has 13 heteroatoms. The summed E-state index contributed by atoms with van der Waals surface area (Å²) in [6.07, 6.45) is 0.504. The van der Waals surface area contributed by atoms with Gasteiger partial charge in [-0.15, -0.1) is 11.8 Å². The lowest BCUT2D eigenvalue weighted by Gasteiger charge is -2.43. The van der Waals surface area contributed by atoms with Crippen LogP contribution in [0.5, 0.6) is 5.75 Å². The number of nitrogens with zero attached hydrogens (tertiary/aromatic N) is 2. The summed E-state index contributed by atoms with van der Waals surface area (Å²) in [4.78, 5) is 69.6. The van der Waals surface area contributed by atoms with Crippen LogP contribution in [-0.4, -0.2) is 88.3 Å². The van der Waals surface area contributed by atoms with Crippen molar-refractivity contribution in [1.82, 2.24) is 14.8 Å². The van der Waals surface area contributed by atoms with E-state index in [1.807, 2.05) is 24.3 Å². The maximum atomic E-state index is 13.5. The predicted octanol–water partition coefficient (Wildman–Crippen LogP) is 1.62. The molecular formula is C28H29N3O8S2. The van der Waals surface area contributed by atoms with Crippen molar-refractivity contribution in [3.05, 3.63) is 44.4 Å². The first-order valence-electron chi connectivity index (χ1n) is 13.9. The number of ether oxygens (including phenoxy) is 2. The lowest BCUT2D eigenvalue weighted by Crippen LogP contribution is -2.43. The van der Waals surface area contributed by atoms with Gasteiger partial charge in [0.25, 0.3) is 5.91 Å². The van der Waals surface area contributed by atoms with E-state index in [4.69, 9.17) is 14.6 Å². The Morgan fingerprint density at radius 3 is 2.46 bits per heavy atom. The molecule has 2 bridgehead atoms. The summed E-state index contributed by atoms with van der Waals surface area (Å²) in [5, 5.41) is 10.0. The number of morpholine rings is 1. The zero-order valence-electron chi connectivity index (χ0n) is 22.0. The molecule has 2 saturated heterocycles. The molecule has 4 fully saturated rings. The van der Waals surface area contributed by atoms with E-state index in [0.717, 1.165) is 21.9 Å². The Bertz CT molecular complexity index is 1470. The van der Waals surface area contributed by atoms with E-state index in [9.17, 15) is 24.0 Å². The number of carbonyl (C=O) groups excluding carboxylic acids is 3. The van der Waals surface area contributed by atoms with Gasteiger partial charge in [0, 0.05) is 35.7 Å². The van der Waals surface area contributed by atoms with Crippen LogP contribution >= 0.6 is 23.1 Å². The molecule has 11 nitrogen and oxygen atoms in total. The van der Waals surface area contributed by atoms with Gasteiger partial charge in [-0.25, -0.2) is 0 Å². The molecule has 6 unspecified atom stereocenters. The van der Waals surface area contributed by atoms with Crippen molar-refractivity contribution in [2.75, 3.05) is 39.5 Å². The van der Waals surface area contributed by atoms with Crippen LogP contribution in [0.3, 0.4) is 0 Å². The SMILES string of the molecule is O=C(O)CCN1C(=O)C2C3CC(C2C1=O)C1C3Sc2[nH]c(=O)sc2[C@@H]1c1ccc(OCC(=O)N2CCOCC2)cc1. The van der Waals surface area contributed by atoms with Gasteiger partial charge < -0.3 is 24.5 Å². The van der Waals surface area contributed by atoms with E-state index < -0.39 is 17.8 Å². The monoisotopic (exact) mass is 599 g/mol. The summed E-state index contributed by atoms with van der Waals surface area (Å²) in [6.45, 7) is 2.01. The molecule has 7 atom stereocenters. The van der Waals surface area contributed by atoms with E-state index >= 15 is 0 Å². The molecule has 3 aliphatic heterocycles. The summed E-state index contributed by atoms with van der Waals surface area (Å²) < 4.78 is 11.1. The number of aromatic nitrogens is 1. The first-order valence-corrected chi connectivity index (χ1v) is 15.6. The number of thioether (sulfide) groups is 1. The van der Waals surface area contributed by atoms with Crippen LogP contribution in [0.2, 0.25) is 0 Å². The minimum atomic E-state index is -1.04. The van der Waals surface area contributed by atoms with Crippen molar-refractivity contribution in [3.63, 3.8) is 0 Å². The summed E-state index contributed by atoms with van der Waals surface area (Å²) in [7, 11) is 0. The van der Waals surface area contributed by atoms with E-state index in [-0.39, 0.29) is 71.1 Å². The van der Waals surface area contributed by atoms with E-state index in [0.29, 0.717) is 32.1 Å². The highest BCUT2D eigenvalue weighted by molar-refractivity contribution is 8.00. The Kier molecular flexibility index (Phi) is 6.70. The molecule has 2 N–H and O–H groups in total. The highest BCUT2D eigenvalue weighted by Crippen LogP contribution is 2.68. The summed E-state index contributed by atoms with van der Waals surface area (Å²) >= 11 is 2.80. The van der Waals surface area contributed by atoms with Crippen molar-refractivity contribution in [1.29, 1.82) is 0 Å². The van der Waals surface area contributed by atoms with E-state index in [2.05, 4.69) is 4.98 Å². The molecule has 2 aliphatic carbocycles. The van der Waals surface area contributed by atoms with Crippen molar-refractivity contribution in [2.24, 2.45) is 29.6 Å². The van der Waals surface area contributed by atoms with Gasteiger partial charge in [-0.05, 0) is 41.9 Å². The molecule has 216 valence electrons. The number of nitrogens with one attached hydrogen (secondary N) is 1. The molecule has 5 aliphatic rings. The van der Waals surface area contributed by atoms with Crippen LogP contribution in [0.4, 0.5) is 0 Å². The number of carboxylic acids is 1. The quantitative estimate of drug-likeness (QED) is 0.454. The van der Waals surface area contributed by atoms with Crippen LogP contribution in [0.25, 0.3) is 0 Å². The Labute approximate surface area is 243 Å². The minimum Gasteiger partial charge on any atom is -0.484 e. The lowest BCUT2D eigenvalue weighted by atomic mass is 9.68. The largest absolute Gasteiger partial charge is 0.484 e. The number of benzene rings is 1. The third-order valence-electron chi connectivity index (χ3n) is 9.33. The van der Waals surface area contributed by atoms with Gasteiger partial charge in [-0.3, -0.25) is 28.9 Å². The molecule has 0 spiro atoms. The fourth-order valence-electron chi connectivity index (χ4n) is 7.70. The number of carboxylic acid groups (broad SMARTS) is 1. The van der Waals surface area contributed by atoms with Gasteiger partial charge in [0.15, 0.2) is 6.61 Å². The van der Waals surface area contributed by atoms with Crippen LogP contribution in [0.15, 0.2) is 34.1 Å². The number of likely N-dealkylation sites (tertiary alicyclic amines) is 1. The molecule has 2 saturated carbocycles. The zero-order valence-corrected chi connectivity index (χ0v) is 23.7. The number of hydrogen-bond donors (Lipinski definition) is 2. The number of H-pyrrole nitrogens is 1. The number of amides is 3. The fraction of sp³-hybridized carbons (Fsp3) is 0.536. The van der Waals surface area contributed by atoms with Crippen molar-refractivity contribution >= 4 is 46.8 Å². The highest BCUT2D eigenvalue weighted by Gasteiger charge is 2.69. The molecule has 2 aromatic rings. The Hall–Kier alpha value is -3.16. The smallest absolute Gasteiger partial charge is 0.305 e. The number of carbonyl (C=O) groups is 4. The number of imide groups is 1. The maximum Gasteiger partial charge on any atom is 0.305 e. The third-order valence-corrected chi connectivity index (χ3v) is 11.9. The highest BCUT2D eigenvalue weighted by atomic mass is 32.2. The molecule has 3 amide bonds. The minimum absolute atomic E-state index is 0.0147. The first kappa shape index (κ1) is 26.7. The van der Waals surface area contributed by atoms with E-state index in [1.54, 1.807) is 16.7 Å². The number of thiazole rings is 1. The van der Waals surface area contributed by atoms with Gasteiger partial charge in [0.2, 0.25) is 11.8 Å². The van der Waals surface area contributed by atoms with Gasteiger partial charge in [-0.2, -0.15) is 0 Å². The standard InChI is InChI=1S/C28H29N3O8S2/c32-17(30-7-9-38-10-8-30)12-39-14-3-1-13(2-4-14)19-20-15-11-16(23(20)40-25-24(19)41-28(37)29-25)22-21(15)26(35)31(27(22)36)6-5-18(33)34/h1-4,15-16,19-23H,5-12H2,(H,29,37)(H,33,34)/t15?,16?,19-,20?,21?,22?,23?/m1/s1. The molecular weight excluding hydrogens is 570 g/mol. The second kappa shape index (κ2) is 10.3. The predicted molar refractivity (Wildman–Crippen MR) is 147 cm³/mol. The molecule has 7 rings (SSSR count). The molecule has 41 heavy (non-hydrogen) atoms. The lowest BCUT2D eigenvalue weighted by molar-refractivity contribution is -0.143. The Morgan fingerprint density at radius 1 is 1.05 bits per heavy atom. The molecule has 1 aromatic heterocycles. The van der Waals surface area contributed by atoms with Crippen molar-refractivity contribution in [2.45, 2.75) is 29.0 Å². The Morgan fingerprint density at radius 2 is 1.76 bits per heavy atom. The van der Waals surface area contributed by atoms with Gasteiger partial charge >= 0.3 is 10.8 Å². The van der Waals surface area contributed by atoms with Gasteiger partial charge in [0.1, 0.15) is 5.75 Å². The molecule has 1 aromatic carbocycles. The average Bonchev–Trinajstić information content (AvgIpc) is 3.70. The summed E-state index contributed by atoms with van der Waals surface area (Å²) in [5.74, 6) is -2.06. The normalized spacial score (nSPS) is 31.7. The molecule has 0 radical (unpaired) electrons. The number of fused-ring (bicyclic) bond motifs is 9. The van der Waals surface area contributed by atoms with Crippen LogP contribution in [-0.2, 0) is 23.9 Å². The molecule has 4 heterocycles. The van der Waals surface area contributed by atoms with Crippen LogP contribution < -0.4 is 9.61 Å². The van der Waals surface area contributed by atoms with Crippen LogP contribution in [0, 0.1) is 29.6 Å². The number of hydrogen-bond acceptors (Lipinski definition) is 9. The summed E-state index contributed by atoms with van der Waals surface area (Å²) in [5.41, 5.74) is 0.993. The number of rotatable bonds is 7. The maximum absolute atomic E-state index is 13.5. The average molecular weight is 600 g/mol. The van der Waals surface area contributed by atoms with Crippen molar-refractivity contribution < 1.29 is 33.8 Å². The van der Waals surface area contributed by atoms with Gasteiger partial charge in [0.05, 0.1) is 36.5 Å². The van der Waals surface area contributed by atoms with Crippen molar-refractivity contribution in [3.8, 4) is 5.75 Å². The van der Waals surface area contributed by atoms with E-state index in [1.165, 1.54) is 16.2 Å². The van der Waals surface area contributed by atoms with Gasteiger partial charge in [-0.1, -0.05) is 23.5 Å². The third kappa shape index (κ3) is 4.40. The topological polar surface area (TPSA) is 146 Å². The first-order chi connectivity index (χ1) is 19.8. The summed E-state index contributed by atoms with van der Waals surface area (Å²) in [6, 6.07) is 7.60. The fourth-order valence-corrected chi connectivity index (χ4v) is 10.6. The second-order valence-electron chi connectivity index (χ2n) is 11.3. The number of aliphatic carboxylic acids is 1. The van der Waals surface area contributed by atoms with Crippen LogP contribution in [0.1, 0.15) is 29.2 Å².